The second-order valence-corrected chi connectivity index (χ2v) is 11.6. The van der Waals surface area contributed by atoms with Gasteiger partial charge in [-0.1, -0.05) is 37.6 Å². The molecule has 0 saturated heterocycles. The number of ether oxygens (including phenoxy) is 1. The molecule has 2 aromatic carbocycles. The van der Waals surface area contributed by atoms with E-state index in [4.69, 9.17) is 15.9 Å². The Kier molecular flexibility index (Phi) is 10.5. The van der Waals surface area contributed by atoms with Crippen LogP contribution in [0.3, 0.4) is 0 Å². The first-order valence-electron chi connectivity index (χ1n) is 12.1. The molecule has 11 nitrogen and oxygen atoms in total. The van der Waals surface area contributed by atoms with Crippen molar-refractivity contribution in [2.45, 2.75) is 58.6 Å². The van der Waals surface area contributed by atoms with Gasteiger partial charge in [-0.15, -0.1) is 0 Å². The van der Waals surface area contributed by atoms with E-state index in [-0.39, 0.29) is 23.6 Å². The van der Waals surface area contributed by atoms with Crippen molar-refractivity contribution in [3.8, 4) is 0 Å². The minimum Gasteiger partial charge on any atom is -0.459 e. The highest BCUT2D eigenvalue weighted by molar-refractivity contribution is 7.89. The van der Waals surface area contributed by atoms with E-state index in [1.54, 1.807) is 45.0 Å². The molecule has 0 radical (unpaired) electrons. The van der Waals surface area contributed by atoms with Crippen LogP contribution in [0.1, 0.15) is 62.0 Å². The molecule has 0 spiro atoms. The van der Waals surface area contributed by atoms with Crippen molar-refractivity contribution in [3.63, 3.8) is 0 Å². The van der Waals surface area contributed by atoms with E-state index in [0.717, 1.165) is 0 Å². The third-order valence-corrected chi connectivity index (χ3v) is 6.59. The van der Waals surface area contributed by atoms with Crippen molar-refractivity contribution in [1.29, 1.82) is 5.41 Å². The maximum absolute atomic E-state index is 12.7. The number of nitrogen functional groups attached to an aromatic ring is 1. The zero-order valence-electron chi connectivity index (χ0n) is 22.0. The van der Waals surface area contributed by atoms with E-state index in [1.807, 2.05) is 6.92 Å². The molecule has 0 aliphatic rings. The molecule has 0 heterocycles. The smallest absolute Gasteiger partial charge is 0.326 e. The molecular formula is C26H35N5O6S. The maximum atomic E-state index is 12.7. The van der Waals surface area contributed by atoms with Gasteiger partial charge in [-0.2, -0.15) is 0 Å². The van der Waals surface area contributed by atoms with Gasteiger partial charge in [0.15, 0.2) is 0 Å². The first kappa shape index (κ1) is 30.5. The molecule has 206 valence electrons. The van der Waals surface area contributed by atoms with Crippen molar-refractivity contribution in [3.05, 3.63) is 65.2 Å². The summed E-state index contributed by atoms with van der Waals surface area (Å²) in [6.07, 6.45) is 1.20. The molecule has 0 aliphatic carbocycles. The number of hydrogen-bond donors (Lipinski definition) is 5. The van der Waals surface area contributed by atoms with E-state index in [2.05, 4.69) is 15.4 Å². The molecular weight excluding hydrogens is 510 g/mol. The number of carbonyl (C=O) groups excluding carboxylic acids is 3. The second kappa shape index (κ2) is 13.2. The lowest BCUT2D eigenvalue weighted by atomic mass is 10.1. The first-order valence-corrected chi connectivity index (χ1v) is 13.7. The number of carbonyl (C=O) groups is 3. The number of sulfonamides is 1. The molecule has 1 atom stereocenters. The molecule has 2 aromatic rings. The van der Waals surface area contributed by atoms with Crippen LogP contribution < -0.4 is 21.1 Å². The van der Waals surface area contributed by atoms with E-state index in [0.29, 0.717) is 29.7 Å². The van der Waals surface area contributed by atoms with Gasteiger partial charge in [0.1, 0.15) is 17.5 Å². The molecule has 3 amide bonds. The SMILES string of the molecule is CCCCS(=O)(=O)N[C@@H](Cc1ccc(NC(=O)NC(=O)c2ccc(C(=N)N)cc2)cc1)C(=O)OC(C)(C)C. The zero-order valence-corrected chi connectivity index (χ0v) is 22.8. The number of nitrogens with two attached hydrogens (primary N) is 1. The van der Waals surface area contributed by atoms with E-state index in [9.17, 15) is 22.8 Å². The van der Waals surface area contributed by atoms with Gasteiger partial charge < -0.3 is 15.8 Å². The Bertz CT molecular complexity index is 1250. The van der Waals surface area contributed by atoms with Crippen LogP contribution in [0.2, 0.25) is 0 Å². The zero-order chi connectivity index (χ0) is 28.5. The maximum Gasteiger partial charge on any atom is 0.326 e. The summed E-state index contributed by atoms with van der Waals surface area (Å²) in [5, 5.41) is 12.1. The number of anilines is 1. The number of amides is 3. The van der Waals surface area contributed by atoms with Crippen LogP contribution in [0.25, 0.3) is 0 Å². The highest BCUT2D eigenvalue weighted by Crippen LogP contribution is 2.15. The van der Waals surface area contributed by atoms with E-state index in [1.165, 1.54) is 24.3 Å². The fourth-order valence-electron chi connectivity index (χ4n) is 3.25. The Hall–Kier alpha value is -3.77. The van der Waals surface area contributed by atoms with Gasteiger partial charge in [0.25, 0.3) is 5.91 Å². The Balaban J connectivity index is 2.04. The summed E-state index contributed by atoms with van der Waals surface area (Å²) in [5.74, 6) is -1.55. The monoisotopic (exact) mass is 545 g/mol. The predicted octanol–water partition coefficient (Wildman–Crippen LogP) is 2.90. The minimum absolute atomic E-state index is 0.0431. The average molecular weight is 546 g/mol. The average Bonchev–Trinajstić information content (AvgIpc) is 2.82. The number of rotatable bonds is 11. The number of unbranched alkanes of at least 4 members (excludes halogenated alkanes) is 1. The van der Waals surface area contributed by atoms with Crippen LogP contribution in [-0.4, -0.2) is 49.6 Å². The summed E-state index contributed by atoms with van der Waals surface area (Å²) < 4.78 is 32.8. The van der Waals surface area contributed by atoms with Gasteiger partial charge in [-0.3, -0.25) is 20.3 Å². The Labute approximate surface area is 223 Å². The molecule has 38 heavy (non-hydrogen) atoms. The standard InChI is InChI=1S/C26H35N5O6S/c1-5-6-15-38(35,36)31-21(24(33)37-26(2,3)4)16-17-7-13-20(14-8-17)29-25(34)30-23(32)19-11-9-18(10-12-19)22(27)28/h7-14,21,31H,5-6,15-16H2,1-4H3,(H3,27,28)(H2,29,30,32,34)/t21-/m0/s1. The summed E-state index contributed by atoms with van der Waals surface area (Å²) in [5.41, 5.74) is 6.28. The summed E-state index contributed by atoms with van der Waals surface area (Å²) in [7, 11) is -3.69. The normalized spacial score (nSPS) is 12.3. The first-order chi connectivity index (χ1) is 17.7. The number of amidine groups is 1. The summed E-state index contributed by atoms with van der Waals surface area (Å²) >= 11 is 0. The van der Waals surface area contributed by atoms with E-state index < -0.39 is 39.6 Å². The van der Waals surface area contributed by atoms with Crippen LogP contribution in [0.15, 0.2) is 48.5 Å². The number of hydrogen-bond acceptors (Lipinski definition) is 7. The number of urea groups is 1. The molecule has 0 bridgehead atoms. The van der Waals surface area contributed by atoms with Crippen molar-refractivity contribution in [1.82, 2.24) is 10.0 Å². The second-order valence-electron chi connectivity index (χ2n) is 9.68. The van der Waals surface area contributed by atoms with Gasteiger partial charge in [0.2, 0.25) is 10.0 Å². The van der Waals surface area contributed by atoms with Crippen LogP contribution >= 0.6 is 0 Å². The third-order valence-electron chi connectivity index (χ3n) is 5.12. The van der Waals surface area contributed by atoms with Gasteiger partial charge in [0, 0.05) is 16.8 Å². The van der Waals surface area contributed by atoms with Crippen LogP contribution in [-0.2, 0) is 26.0 Å². The lowest BCUT2D eigenvalue weighted by molar-refractivity contribution is -0.156. The highest BCUT2D eigenvalue weighted by Gasteiger charge is 2.29. The number of esters is 1. The largest absolute Gasteiger partial charge is 0.459 e. The molecule has 0 unspecified atom stereocenters. The van der Waals surface area contributed by atoms with Gasteiger partial charge >= 0.3 is 12.0 Å². The van der Waals surface area contributed by atoms with E-state index >= 15 is 0 Å². The van der Waals surface area contributed by atoms with Crippen molar-refractivity contribution in [2.75, 3.05) is 11.1 Å². The number of imide groups is 1. The lowest BCUT2D eigenvalue weighted by Crippen LogP contribution is -2.46. The summed E-state index contributed by atoms with van der Waals surface area (Å²) in [6.45, 7) is 6.97. The molecule has 6 N–H and O–H groups in total. The Morgan fingerprint density at radius 1 is 1.00 bits per heavy atom. The van der Waals surface area contributed by atoms with Crippen molar-refractivity contribution < 1.29 is 27.5 Å². The minimum atomic E-state index is -3.69. The van der Waals surface area contributed by atoms with Crippen LogP contribution in [0.5, 0.6) is 0 Å². The third kappa shape index (κ3) is 10.3. The molecule has 0 saturated carbocycles. The van der Waals surface area contributed by atoms with Crippen LogP contribution in [0.4, 0.5) is 10.5 Å². The molecule has 0 fully saturated rings. The summed E-state index contributed by atoms with van der Waals surface area (Å²) in [4.78, 5) is 37.3. The van der Waals surface area contributed by atoms with Crippen LogP contribution in [0, 0.1) is 5.41 Å². The van der Waals surface area contributed by atoms with Gasteiger partial charge in [0.05, 0.1) is 5.75 Å². The number of benzene rings is 2. The van der Waals surface area contributed by atoms with Crippen molar-refractivity contribution >= 4 is 39.5 Å². The fourth-order valence-corrected chi connectivity index (χ4v) is 4.65. The Morgan fingerprint density at radius 3 is 2.11 bits per heavy atom. The quantitative estimate of drug-likeness (QED) is 0.163. The lowest BCUT2D eigenvalue weighted by Gasteiger charge is -2.24. The topological polar surface area (TPSA) is 181 Å². The Morgan fingerprint density at radius 2 is 1.58 bits per heavy atom. The van der Waals surface area contributed by atoms with Gasteiger partial charge in [-0.25, -0.2) is 17.9 Å². The molecule has 0 aliphatic heterocycles. The predicted molar refractivity (Wildman–Crippen MR) is 146 cm³/mol. The number of nitrogens with one attached hydrogen (secondary N) is 4. The molecule has 0 aromatic heterocycles. The summed E-state index contributed by atoms with van der Waals surface area (Å²) in [6, 6.07) is 10.4. The van der Waals surface area contributed by atoms with Gasteiger partial charge in [-0.05, 0) is 63.4 Å². The molecule has 12 heteroatoms. The highest BCUT2D eigenvalue weighted by atomic mass is 32.2. The van der Waals surface area contributed by atoms with Crippen molar-refractivity contribution in [2.24, 2.45) is 5.73 Å². The molecule has 2 rings (SSSR count). The fraction of sp³-hybridized carbons (Fsp3) is 0.385.